The Hall–Kier alpha value is 1.20. The number of hydrogen-bond donors (Lipinski definition) is 0. The molecule has 0 aromatic rings. The van der Waals surface area contributed by atoms with Crippen LogP contribution in [0.2, 0.25) is 0 Å². The largest absolute Gasteiger partial charge is 0.599 e. The van der Waals surface area contributed by atoms with Crippen LogP contribution < -0.4 is 0 Å². The molecule has 2 unspecified atom stereocenters. The second-order valence-corrected chi connectivity index (χ2v) is 5.38. The van der Waals surface area contributed by atoms with Crippen LogP contribution >= 0.6 is 21.4 Å². The first kappa shape index (κ1) is 10.2. The molecule has 6 heteroatoms. The lowest BCUT2D eigenvalue weighted by atomic mass is 10.6. The molecule has 0 aromatic carbocycles. The van der Waals surface area contributed by atoms with E-state index in [1.807, 2.05) is 0 Å². The van der Waals surface area contributed by atoms with Crippen LogP contribution in [0.4, 0.5) is 0 Å². The van der Waals surface area contributed by atoms with Crippen molar-refractivity contribution >= 4 is 42.1 Å². The summed E-state index contributed by atoms with van der Waals surface area (Å²) in [4.78, 5) is 0. The molecule has 9 heavy (non-hydrogen) atoms. The Morgan fingerprint density at radius 3 is 1.56 bits per heavy atom. The minimum Gasteiger partial charge on any atom is -0.599 e. The zero-order chi connectivity index (χ0) is 7.28. The van der Waals surface area contributed by atoms with Crippen LogP contribution in [0.25, 0.3) is 0 Å². The molecule has 0 N–H and O–H groups in total. The molecule has 0 aromatic heterocycles. The van der Waals surface area contributed by atoms with Gasteiger partial charge in [-0.05, 0) is 0 Å². The molecule has 56 valence electrons. The molecule has 0 saturated heterocycles. The summed E-state index contributed by atoms with van der Waals surface area (Å²) >= 11 is 0. The molecule has 2 nitrogen and oxygen atoms in total. The summed E-state index contributed by atoms with van der Waals surface area (Å²) in [5.74, 6) is 0.722. The number of halogens is 2. The van der Waals surface area contributed by atoms with Crippen molar-refractivity contribution in [1.29, 1.82) is 0 Å². The average Bonchev–Trinajstić information content (AvgIpc) is 1.63. The van der Waals surface area contributed by atoms with E-state index >= 15 is 0 Å². The first-order chi connectivity index (χ1) is 4.13. The highest BCUT2D eigenvalue weighted by atomic mass is 35.7. The maximum absolute atomic E-state index is 10.2. The van der Waals surface area contributed by atoms with Crippen molar-refractivity contribution in [2.24, 2.45) is 0 Å². The van der Waals surface area contributed by atoms with Crippen molar-refractivity contribution in [1.82, 2.24) is 0 Å². The molecular weight excluding hydrogens is 203 g/mol. The van der Waals surface area contributed by atoms with Crippen LogP contribution in [-0.2, 0) is 20.8 Å². The summed E-state index contributed by atoms with van der Waals surface area (Å²) in [6.45, 7) is 0. The summed E-state index contributed by atoms with van der Waals surface area (Å²) in [7, 11) is 7.58. The fraction of sp³-hybridized carbons (Fsp3) is 1.00. The third kappa shape index (κ3) is 9.20. The van der Waals surface area contributed by atoms with E-state index in [9.17, 15) is 9.11 Å². The van der Waals surface area contributed by atoms with Gasteiger partial charge in [-0.3, -0.25) is 0 Å². The van der Waals surface area contributed by atoms with Crippen molar-refractivity contribution in [3.05, 3.63) is 0 Å². The van der Waals surface area contributed by atoms with Crippen LogP contribution in [-0.4, -0.2) is 20.6 Å². The van der Waals surface area contributed by atoms with E-state index in [1.165, 1.54) is 0 Å². The Balaban J connectivity index is 2.91. The summed E-state index contributed by atoms with van der Waals surface area (Å²) < 4.78 is 20.3. The van der Waals surface area contributed by atoms with E-state index in [-0.39, 0.29) is 0 Å². The number of hydrogen-bond acceptors (Lipinski definition) is 2. The van der Waals surface area contributed by atoms with Gasteiger partial charge in [-0.1, -0.05) is 0 Å². The normalized spacial score (nSPS) is 17.3. The SMILES string of the molecule is [O-][S+](Cl)CCC[S+]([O-])Cl. The monoisotopic (exact) mass is 208 g/mol. The van der Waals surface area contributed by atoms with E-state index in [0.717, 1.165) is 0 Å². The molecule has 0 saturated carbocycles. The zero-order valence-corrected chi connectivity index (χ0v) is 7.66. The highest BCUT2D eigenvalue weighted by Crippen LogP contribution is 2.03. The molecule has 0 amide bonds. The maximum atomic E-state index is 10.2. The standard InChI is InChI=1S/C3H6Cl2O2S2/c4-8(6)2-1-3-9(5)7/h1-3H2. The molecule has 0 spiro atoms. The van der Waals surface area contributed by atoms with Crippen LogP contribution in [0, 0.1) is 0 Å². The summed E-state index contributed by atoms with van der Waals surface area (Å²) in [6, 6.07) is 0. The van der Waals surface area contributed by atoms with Crippen molar-refractivity contribution in [3.63, 3.8) is 0 Å². The van der Waals surface area contributed by atoms with Crippen LogP contribution in [0.5, 0.6) is 0 Å². The average molecular weight is 209 g/mol. The van der Waals surface area contributed by atoms with Gasteiger partial charge in [0.05, 0.1) is 20.8 Å². The van der Waals surface area contributed by atoms with E-state index in [0.29, 0.717) is 17.9 Å². The molecule has 0 aliphatic heterocycles. The molecule has 0 aliphatic carbocycles. The zero-order valence-electron chi connectivity index (χ0n) is 4.51. The van der Waals surface area contributed by atoms with Gasteiger partial charge in [0.2, 0.25) is 0 Å². The Kier molecular flexibility index (Phi) is 6.74. The topological polar surface area (TPSA) is 46.1 Å². The Morgan fingerprint density at radius 1 is 1.00 bits per heavy atom. The molecule has 0 rings (SSSR count). The Morgan fingerprint density at radius 2 is 1.33 bits per heavy atom. The van der Waals surface area contributed by atoms with Crippen LogP contribution in [0.1, 0.15) is 6.42 Å². The second kappa shape index (κ2) is 5.95. The first-order valence-electron chi connectivity index (χ1n) is 2.22. The summed E-state index contributed by atoms with van der Waals surface area (Å²) in [5, 5.41) is 0. The van der Waals surface area contributed by atoms with E-state index in [1.54, 1.807) is 0 Å². The Bertz CT molecular complexity index is 62.8. The highest BCUT2D eigenvalue weighted by Gasteiger charge is 2.06. The van der Waals surface area contributed by atoms with Gasteiger partial charge in [-0.2, -0.15) is 0 Å². The van der Waals surface area contributed by atoms with Gasteiger partial charge in [-0.25, -0.2) is 0 Å². The lowest BCUT2D eigenvalue weighted by Crippen LogP contribution is -2.04. The first-order valence-corrected chi connectivity index (χ1v) is 6.51. The van der Waals surface area contributed by atoms with Crippen molar-refractivity contribution in [2.75, 3.05) is 11.5 Å². The van der Waals surface area contributed by atoms with E-state index in [4.69, 9.17) is 21.4 Å². The lowest BCUT2D eigenvalue weighted by Gasteiger charge is -1.99. The van der Waals surface area contributed by atoms with Crippen molar-refractivity contribution in [2.45, 2.75) is 6.42 Å². The van der Waals surface area contributed by atoms with Gasteiger partial charge < -0.3 is 9.11 Å². The fourth-order valence-corrected chi connectivity index (χ4v) is 1.87. The predicted molar refractivity (Wildman–Crippen MR) is 42.3 cm³/mol. The van der Waals surface area contributed by atoms with Crippen molar-refractivity contribution < 1.29 is 9.11 Å². The van der Waals surface area contributed by atoms with Crippen LogP contribution in [0.3, 0.4) is 0 Å². The minimum absolute atomic E-state index is 0.361. The lowest BCUT2D eigenvalue weighted by molar-refractivity contribution is 0.602. The predicted octanol–water partition coefficient (Wildman–Crippen LogP) is 1.18. The highest BCUT2D eigenvalue weighted by molar-refractivity contribution is 8.14. The Labute approximate surface area is 69.3 Å². The van der Waals surface area contributed by atoms with Gasteiger partial charge in [0.25, 0.3) is 0 Å². The van der Waals surface area contributed by atoms with Gasteiger partial charge in [0, 0.05) is 6.42 Å². The molecule has 0 aliphatic rings. The molecular formula is C3H6Cl2O2S2. The smallest absolute Gasteiger partial charge is 0.174 e. The maximum Gasteiger partial charge on any atom is 0.174 e. The number of rotatable bonds is 4. The van der Waals surface area contributed by atoms with E-state index < -0.39 is 20.8 Å². The summed E-state index contributed by atoms with van der Waals surface area (Å²) in [6.07, 6.45) is 0.548. The van der Waals surface area contributed by atoms with Gasteiger partial charge in [-0.15, -0.1) is 0 Å². The molecule has 2 atom stereocenters. The molecule has 0 heterocycles. The van der Waals surface area contributed by atoms with Gasteiger partial charge >= 0.3 is 0 Å². The summed E-state index contributed by atoms with van der Waals surface area (Å²) in [5.41, 5.74) is 0. The molecule has 0 radical (unpaired) electrons. The fourth-order valence-electron chi connectivity index (χ4n) is 0.286. The molecule has 0 bridgehead atoms. The van der Waals surface area contributed by atoms with Gasteiger partial charge in [0.15, 0.2) is 21.4 Å². The minimum atomic E-state index is -1.30. The van der Waals surface area contributed by atoms with Crippen LogP contribution in [0.15, 0.2) is 0 Å². The quantitative estimate of drug-likeness (QED) is 0.652. The molecule has 0 fully saturated rings. The second-order valence-electron chi connectivity index (χ2n) is 1.34. The third-order valence-corrected chi connectivity index (χ3v) is 2.75. The van der Waals surface area contributed by atoms with E-state index in [2.05, 4.69) is 0 Å². The van der Waals surface area contributed by atoms with Gasteiger partial charge in [0.1, 0.15) is 11.5 Å². The van der Waals surface area contributed by atoms with Crippen molar-refractivity contribution in [3.8, 4) is 0 Å². The third-order valence-electron chi connectivity index (χ3n) is 0.610.